The third kappa shape index (κ3) is 4.42. The molecule has 0 aromatic rings. The Balaban J connectivity index is 0.00000243. The first kappa shape index (κ1) is 22.0. The number of hydrogen-bond acceptors (Lipinski definition) is 2. The molecule has 0 amide bonds. The topological polar surface area (TPSA) is 45.6 Å². The SMILES string of the molecule is CCOC1CC(NC(=NC)NC2CCC(C(F)(F)F)CC2)C12CCC2.I. The fourth-order valence-corrected chi connectivity index (χ4v) is 4.73. The number of rotatable bonds is 4. The van der Waals surface area contributed by atoms with Crippen molar-refractivity contribution in [1.29, 1.82) is 0 Å². The lowest BCUT2D eigenvalue weighted by atomic mass is 9.51. The molecular formula is C18H31F3IN3O. The summed E-state index contributed by atoms with van der Waals surface area (Å²) in [7, 11) is 1.73. The minimum absolute atomic E-state index is 0. The van der Waals surface area contributed by atoms with Gasteiger partial charge in [0.15, 0.2) is 5.96 Å². The Morgan fingerprint density at radius 2 is 1.81 bits per heavy atom. The van der Waals surface area contributed by atoms with Crippen LogP contribution in [0, 0.1) is 11.3 Å². The van der Waals surface area contributed by atoms with E-state index in [1.54, 1.807) is 7.05 Å². The number of nitrogens with zero attached hydrogens (tertiary/aromatic N) is 1. The van der Waals surface area contributed by atoms with Crippen LogP contribution in [0.2, 0.25) is 0 Å². The van der Waals surface area contributed by atoms with Crippen molar-refractivity contribution in [2.75, 3.05) is 13.7 Å². The minimum atomic E-state index is -4.05. The zero-order valence-electron chi connectivity index (χ0n) is 15.6. The Morgan fingerprint density at radius 3 is 2.27 bits per heavy atom. The van der Waals surface area contributed by atoms with Crippen molar-refractivity contribution in [3.8, 4) is 0 Å². The van der Waals surface area contributed by atoms with Crippen LogP contribution in [0.3, 0.4) is 0 Å². The molecule has 3 aliphatic rings. The summed E-state index contributed by atoms with van der Waals surface area (Å²) in [6, 6.07) is 0.431. The molecule has 0 saturated heterocycles. The monoisotopic (exact) mass is 489 g/mol. The molecule has 0 aliphatic heterocycles. The van der Waals surface area contributed by atoms with Gasteiger partial charge in [-0.25, -0.2) is 0 Å². The Morgan fingerprint density at radius 1 is 1.15 bits per heavy atom. The van der Waals surface area contributed by atoms with Crippen LogP contribution in [-0.4, -0.2) is 44.0 Å². The van der Waals surface area contributed by atoms with E-state index in [1.165, 1.54) is 19.3 Å². The second kappa shape index (κ2) is 8.84. The van der Waals surface area contributed by atoms with Crippen LogP contribution in [0.4, 0.5) is 13.2 Å². The summed E-state index contributed by atoms with van der Waals surface area (Å²) in [5.74, 6) is -0.418. The number of aliphatic imine (C=N–C) groups is 1. The summed E-state index contributed by atoms with van der Waals surface area (Å²) < 4.78 is 44.2. The van der Waals surface area contributed by atoms with Crippen LogP contribution in [-0.2, 0) is 4.74 Å². The Kier molecular flexibility index (Phi) is 7.49. The lowest BCUT2D eigenvalue weighted by Gasteiger charge is -2.61. The van der Waals surface area contributed by atoms with E-state index in [0.717, 1.165) is 19.0 Å². The van der Waals surface area contributed by atoms with E-state index in [0.29, 0.717) is 25.0 Å². The molecule has 3 rings (SSSR count). The van der Waals surface area contributed by atoms with E-state index in [9.17, 15) is 13.2 Å². The van der Waals surface area contributed by atoms with E-state index in [1.807, 2.05) is 6.92 Å². The zero-order valence-corrected chi connectivity index (χ0v) is 17.9. The maximum absolute atomic E-state index is 12.8. The molecule has 3 fully saturated rings. The third-order valence-electron chi connectivity index (χ3n) is 6.50. The Hall–Kier alpha value is -0.250. The summed E-state index contributed by atoms with van der Waals surface area (Å²) in [6.45, 7) is 2.78. The summed E-state index contributed by atoms with van der Waals surface area (Å²) in [6.07, 6.45) is 2.38. The van der Waals surface area contributed by atoms with Crippen molar-refractivity contribution in [3.05, 3.63) is 0 Å². The van der Waals surface area contributed by atoms with Gasteiger partial charge in [0.25, 0.3) is 0 Å². The van der Waals surface area contributed by atoms with Gasteiger partial charge < -0.3 is 15.4 Å². The quantitative estimate of drug-likeness (QED) is 0.353. The summed E-state index contributed by atoms with van der Waals surface area (Å²) in [5.41, 5.74) is 0.238. The predicted octanol–water partition coefficient (Wildman–Crippen LogP) is 4.24. The van der Waals surface area contributed by atoms with Crippen molar-refractivity contribution in [2.45, 2.75) is 82.7 Å². The van der Waals surface area contributed by atoms with Crippen molar-refractivity contribution >= 4 is 29.9 Å². The van der Waals surface area contributed by atoms with Gasteiger partial charge in [-0.15, -0.1) is 24.0 Å². The molecule has 152 valence electrons. The molecule has 4 nitrogen and oxygen atoms in total. The normalized spacial score (nSPS) is 33.7. The molecule has 8 heteroatoms. The molecule has 26 heavy (non-hydrogen) atoms. The van der Waals surface area contributed by atoms with E-state index < -0.39 is 12.1 Å². The number of alkyl halides is 3. The van der Waals surface area contributed by atoms with Crippen LogP contribution in [0.15, 0.2) is 4.99 Å². The number of nitrogens with one attached hydrogen (secondary N) is 2. The molecule has 2 unspecified atom stereocenters. The maximum Gasteiger partial charge on any atom is 0.391 e. The van der Waals surface area contributed by atoms with Crippen molar-refractivity contribution < 1.29 is 17.9 Å². The molecule has 1 spiro atoms. The van der Waals surface area contributed by atoms with Gasteiger partial charge in [0.1, 0.15) is 0 Å². The first-order chi connectivity index (χ1) is 11.9. The lowest BCUT2D eigenvalue weighted by molar-refractivity contribution is -0.182. The van der Waals surface area contributed by atoms with Crippen LogP contribution in [0.1, 0.15) is 58.3 Å². The fraction of sp³-hybridized carbons (Fsp3) is 0.944. The van der Waals surface area contributed by atoms with Crippen LogP contribution in [0.25, 0.3) is 0 Å². The van der Waals surface area contributed by atoms with Gasteiger partial charge in [0.2, 0.25) is 0 Å². The Labute approximate surface area is 171 Å². The van der Waals surface area contributed by atoms with Gasteiger partial charge in [0.05, 0.1) is 12.0 Å². The summed E-state index contributed by atoms with van der Waals surface area (Å²) in [5, 5.41) is 6.85. The fourth-order valence-electron chi connectivity index (χ4n) is 4.73. The number of halogens is 4. The van der Waals surface area contributed by atoms with Gasteiger partial charge in [0, 0.05) is 31.2 Å². The molecule has 3 aliphatic carbocycles. The maximum atomic E-state index is 12.8. The molecule has 0 radical (unpaired) electrons. The number of guanidine groups is 1. The lowest BCUT2D eigenvalue weighted by Crippen LogP contribution is -2.69. The van der Waals surface area contributed by atoms with Gasteiger partial charge in [-0.3, -0.25) is 4.99 Å². The average molecular weight is 489 g/mol. The molecule has 0 aromatic heterocycles. The first-order valence-electron chi connectivity index (χ1n) is 9.57. The van der Waals surface area contributed by atoms with Crippen molar-refractivity contribution in [2.24, 2.45) is 16.3 Å². The smallest absolute Gasteiger partial charge is 0.378 e. The second-order valence-corrected chi connectivity index (χ2v) is 7.77. The zero-order chi connectivity index (χ0) is 18.1. The van der Waals surface area contributed by atoms with Crippen molar-refractivity contribution in [1.82, 2.24) is 10.6 Å². The second-order valence-electron chi connectivity index (χ2n) is 7.77. The highest BCUT2D eigenvalue weighted by Gasteiger charge is 2.59. The minimum Gasteiger partial charge on any atom is -0.378 e. The highest BCUT2D eigenvalue weighted by molar-refractivity contribution is 14.0. The van der Waals surface area contributed by atoms with Crippen LogP contribution < -0.4 is 10.6 Å². The largest absolute Gasteiger partial charge is 0.391 e. The highest BCUT2D eigenvalue weighted by Crippen LogP contribution is 2.57. The van der Waals surface area contributed by atoms with E-state index in [-0.39, 0.29) is 48.3 Å². The standard InChI is InChI=1S/C18H30F3N3O.HI/c1-3-25-15-11-14(17(15)9-4-10-17)24-16(22-2)23-13-7-5-12(6-8-13)18(19,20)21;/h12-15H,3-11H2,1-2H3,(H2,22,23,24);1H. The third-order valence-corrected chi connectivity index (χ3v) is 6.50. The van der Waals surface area contributed by atoms with Gasteiger partial charge in [-0.2, -0.15) is 13.2 Å². The first-order valence-corrected chi connectivity index (χ1v) is 9.57. The summed E-state index contributed by atoms with van der Waals surface area (Å²) >= 11 is 0. The van der Waals surface area contributed by atoms with E-state index in [2.05, 4.69) is 15.6 Å². The number of hydrogen-bond donors (Lipinski definition) is 2. The summed E-state index contributed by atoms with van der Waals surface area (Å²) in [4.78, 5) is 4.30. The van der Waals surface area contributed by atoms with Crippen LogP contribution in [0.5, 0.6) is 0 Å². The Bertz CT molecular complexity index is 489. The molecule has 3 saturated carbocycles. The average Bonchev–Trinajstić information content (AvgIpc) is 2.50. The van der Waals surface area contributed by atoms with Gasteiger partial charge in [-0.1, -0.05) is 6.42 Å². The van der Waals surface area contributed by atoms with E-state index >= 15 is 0 Å². The van der Waals surface area contributed by atoms with Crippen LogP contribution >= 0.6 is 24.0 Å². The van der Waals surface area contributed by atoms with E-state index in [4.69, 9.17) is 4.74 Å². The predicted molar refractivity (Wildman–Crippen MR) is 107 cm³/mol. The molecular weight excluding hydrogens is 458 g/mol. The molecule has 0 aromatic carbocycles. The number of ether oxygens (including phenoxy) is 1. The molecule has 2 atom stereocenters. The van der Waals surface area contributed by atoms with Crippen molar-refractivity contribution in [3.63, 3.8) is 0 Å². The molecule has 2 N–H and O–H groups in total. The van der Waals surface area contributed by atoms with Gasteiger partial charge in [-0.05, 0) is 51.9 Å². The molecule has 0 bridgehead atoms. The van der Waals surface area contributed by atoms with Gasteiger partial charge >= 0.3 is 6.18 Å². The highest BCUT2D eigenvalue weighted by atomic mass is 127. The molecule has 0 heterocycles.